The van der Waals surface area contributed by atoms with Crippen molar-refractivity contribution in [3.05, 3.63) is 23.0 Å². The van der Waals surface area contributed by atoms with E-state index in [1.165, 1.54) is 10.4 Å². The van der Waals surface area contributed by atoms with Crippen LogP contribution in [0.25, 0.3) is 0 Å². The maximum atomic E-state index is 14.0. The van der Waals surface area contributed by atoms with Crippen molar-refractivity contribution >= 4 is 27.3 Å². The van der Waals surface area contributed by atoms with Gasteiger partial charge < -0.3 is 10.6 Å². The van der Waals surface area contributed by atoms with Gasteiger partial charge in [-0.25, -0.2) is 12.8 Å². The monoisotopic (exact) mass is 321 g/mol. The lowest BCUT2D eigenvalue weighted by molar-refractivity contribution is 0.159. The Morgan fingerprint density at radius 3 is 2.65 bits per heavy atom. The second-order valence-corrected chi connectivity index (χ2v) is 7.32. The van der Waals surface area contributed by atoms with E-state index in [4.69, 9.17) is 17.3 Å². The zero-order valence-corrected chi connectivity index (χ0v) is 12.9. The van der Waals surface area contributed by atoms with Crippen molar-refractivity contribution in [2.45, 2.75) is 17.9 Å². The van der Waals surface area contributed by atoms with E-state index in [0.29, 0.717) is 19.6 Å². The lowest BCUT2D eigenvalue weighted by Gasteiger charge is -2.36. The van der Waals surface area contributed by atoms with Crippen molar-refractivity contribution in [2.75, 3.05) is 32.4 Å². The molecule has 1 aromatic carbocycles. The summed E-state index contributed by atoms with van der Waals surface area (Å²) >= 11 is 5.67. The largest absolute Gasteiger partial charge is 0.399 e. The van der Waals surface area contributed by atoms with E-state index >= 15 is 0 Å². The van der Waals surface area contributed by atoms with Crippen LogP contribution in [0, 0.1) is 5.82 Å². The second kappa shape index (κ2) is 5.48. The molecule has 5 nitrogen and oxygen atoms in total. The van der Waals surface area contributed by atoms with Crippen LogP contribution < -0.4 is 5.73 Å². The average molecular weight is 322 g/mol. The quantitative estimate of drug-likeness (QED) is 0.836. The zero-order valence-electron chi connectivity index (χ0n) is 11.3. The third kappa shape index (κ3) is 2.76. The van der Waals surface area contributed by atoms with E-state index < -0.39 is 20.7 Å². The first-order valence-corrected chi connectivity index (χ1v) is 8.00. The molecule has 20 heavy (non-hydrogen) atoms. The first-order valence-electron chi connectivity index (χ1n) is 6.18. The predicted molar refractivity (Wildman–Crippen MR) is 76.7 cm³/mol. The van der Waals surface area contributed by atoms with Crippen LogP contribution in [0.1, 0.15) is 6.92 Å². The van der Waals surface area contributed by atoms with Gasteiger partial charge in [0.25, 0.3) is 0 Å². The van der Waals surface area contributed by atoms with Gasteiger partial charge in [0.1, 0.15) is 4.90 Å². The number of sulfonamides is 1. The number of nitrogens with zero attached hydrogens (tertiary/aromatic N) is 2. The van der Waals surface area contributed by atoms with Gasteiger partial charge in [-0.1, -0.05) is 11.6 Å². The molecule has 1 aliphatic heterocycles. The number of nitrogen functional groups attached to an aromatic ring is 1. The topological polar surface area (TPSA) is 66.6 Å². The maximum absolute atomic E-state index is 14.0. The van der Waals surface area contributed by atoms with Crippen molar-refractivity contribution in [1.29, 1.82) is 0 Å². The summed E-state index contributed by atoms with van der Waals surface area (Å²) in [4.78, 5) is 1.59. The summed E-state index contributed by atoms with van der Waals surface area (Å²) in [7, 11) is -2.00. The van der Waals surface area contributed by atoms with E-state index in [2.05, 4.69) is 4.90 Å². The number of hydrogen-bond acceptors (Lipinski definition) is 4. The van der Waals surface area contributed by atoms with Gasteiger partial charge in [0.2, 0.25) is 10.0 Å². The van der Waals surface area contributed by atoms with Gasteiger partial charge in [-0.2, -0.15) is 4.31 Å². The number of benzene rings is 1. The number of hydrogen-bond donors (Lipinski definition) is 1. The van der Waals surface area contributed by atoms with E-state index in [1.54, 1.807) is 0 Å². The summed E-state index contributed by atoms with van der Waals surface area (Å²) < 4.78 is 40.3. The molecule has 1 heterocycles. The standard InChI is InChI=1S/C12H17ClFN3O2S/c1-8-7-17(4-3-16(8)2)20(18,19)11-6-9(15)5-10(13)12(11)14/h5-6,8H,3-4,7,15H2,1-2H3. The summed E-state index contributed by atoms with van der Waals surface area (Å²) in [5.41, 5.74) is 5.68. The van der Waals surface area contributed by atoms with E-state index in [9.17, 15) is 12.8 Å². The number of nitrogens with two attached hydrogens (primary N) is 1. The second-order valence-electron chi connectivity index (χ2n) is 5.01. The minimum Gasteiger partial charge on any atom is -0.399 e. The SMILES string of the molecule is CC1CN(S(=O)(=O)c2cc(N)cc(Cl)c2F)CCN1C. The number of likely N-dealkylation sites (N-methyl/N-ethyl adjacent to an activating group) is 1. The predicted octanol–water partition coefficient (Wildman–Crippen LogP) is 1.39. The number of halogens is 2. The minimum atomic E-state index is -3.93. The molecule has 2 N–H and O–H groups in total. The molecular formula is C12H17ClFN3O2S. The van der Waals surface area contributed by atoms with Crippen molar-refractivity contribution < 1.29 is 12.8 Å². The van der Waals surface area contributed by atoms with Crippen LogP contribution in [-0.4, -0.2) is 50.3 Å². The van der Waals surface area contributed by atoms with Crippen LogP contribution in [0.2, 0.25) is 5.02 Å². The van der Waals surface area contributed by atoms with E-state index in [-0.39, 0.29) is 16.8 Å². The van der Waals surface area contributed by atoms with Crippen molar-refractivity contribution in [3.63, 3.8) is 0 Å². The number of rotatable bonds is 2. The Bertz CT molecular complexity index is 623. The Morgan fingerprint density at radius 2 is 2.05 bits per heavy atom. The van der Waals surface area contributed by atoms with E-state index in [0.717, 1.165) is 6.07 Å². The maximum Gasteiger partial charge on any atom is 0.246 e. The molecule has 0 saturated carbocycles. The molecule has 1 saturated heterocycles. The lowest BCUT2D eigenvalue weighted by Crippen LogP contribution is -2.51. The van der Waals surface area contributed by atoms with Gasteiger partial charge in [0, 0.05) is 31.4 Å². The number of anilines is 1. The summed E-state index contributed by atoms with van der Waals surface area (Å²) in [6.07, 6.45) is 0. The van der Waals surface area contributed by atoms with Gasteiger partial charge in [0.15, 0.2) is 5.82 Å². The highest BCUT2D eigenvalue weighted by Crippen LogP contribution is 2.28. The molecule has 1 atom stereocenters. The molecule has 0 radical (unpaired) electrons. The smallest absolute Gasteiger partial charge is 0.246 e. The van der Waals surface area contributed by atoms with Gasteiger partial charge in [-0.05, 0) is 26.1 Å². The van der Waals surface area contributed by atoms with Crippen LogP contribution in [0.3, 0.4) is 0 Å². The van der Waals surface area contributed by atoms with Crippen molar-refractivity contribution in [3.8, 4) is 0 Å². The minimum absolute atomic E-state index is 0.0677. The molecule has 2 rings (SSSR count). The van der Waals surface area contributed by atoms with Gasteiger partial charge >= 0.3 is 0 Å². The molecule has 0 aliphatic carbocycles. The Kier molecular flexibility index (Phi) is 4.24. The van der Waals surface area contributed by atoms with Gasteiger partial charge in [-0.3, -0.25) is 0 Å². The molecule has 1 fully saturated rings. The van der Waals surface area contributed by atoms with Gasteiger partial charge in [-0.15, -0.1) is 0 Å². The number of piperazine rings is 1. The van der Waals surface area contributed by atoms with Crippen LogP contribution in [-0.2, 0) is 10.0 Å². The van der Waals surface area contributed by atoms with Gasteiger partial charge in [0.05, 0.1) is 5.02 Å². The summed E-state index contributed by atoms with van der Waals surface area (Å²) in [6, 6.07) is 2.38. The lowest BCUT2D eigenvalue weighted by atomic mass is 10.2. The summed E-state index contributed by atoms with van der Waals surface area (Å²) in [5, 5.41) is -0.286. The van der Waals surface area contributed by atoms with E-state index in [1.807, 2.05) is 14.0 Å². The normalized spacial score (nSPS) is 22.1. The van der Waals surface area contributed by atoms with Crippen LogP contribution >= 0.6 is 11.6 Å². The molecule has 0 aromatic heterocycles. The first kappa shape index (κ1) is 15.5. The summed E-state index contributed by atoms with van der Waals surface area (Å²) in [6.45, 7) is 3.14. The van der Waals surface area contributed by atoms with Crippen LogP contribution in [0.5, 0.6) is 0 Å². The molecule has 1 aromatic rings. The first-order chi connectivity index (χ1) is 9.23. The molecule has 8 heteroatoms. The Morgan fingerprint density at radius 1 is 1.40 bits per heavy atom. The fourth-order valence-corrected chi connectivity index (χ4v) is 4.06. The molecule has 1 unspecified atom stereocenters. The highest BCUT2D eigenvalue weighted by atomic mass is 35.5. The Balaban J connectivity index is 2.41. The third-order valence-electron chi connectivity index (χ3n) is 3.56. The molecule has 0 spiro atoms. The highest BCUT2D eigenvalue weighted by molar-refractivity contribution is 7.89. The fourth-order valence-electron chi connectivity index (χ4n) is 2.14. The van der Waals surface area contributed by atoms with Crippen molar-refractivity contribution in [1.82, 2.24) is 9.21 Å². The zero-order chi connectivity index (χ0) is 15.1. The fraction of sp³-hybridized carbons (Fsp3) is 0.500. The molecule has 1 aliphatic rings. The van der Waals surface area contributed by atoms with Crippen LogP contribution in [0.15, 0.2) is 17.0 Å². The Hall–Kier alpha value is -0.890. The third-order valence-corrected chi connectivity index (χ3v) is 5.70. The van der Waals surface area contributed by atoms with Crippen LogP contribution in [0.4, 0.5) is 10.1 Å². The Labute approximate surface area is 123 Å². The molecule has 0 bridgehead atoms. The van der Waals surface area contributed by atoms with Crippen molar-refractivity contribution in [2.24, 2.45) is 0 Å². The average Bonchev–Trinajstić information content (AvgIpc) is 2.36. The molecular weight excluding hydrogens is 305 g/mol. The molecule has 112 valence electrons. The molecule has 0 amide bonds. The highest BCUT2D eigenvalue weighted by Gasteiger charge is 2.33. The summed E-state index contributed by atoms with van der Waals surface area (Å²) in [5.74, 6) is -0.951.